The Kier molecular flexibility index (Phi) is 6.65. The zero-order chi connectivity index (χ0) is 14.1. The standard InChI is InChI=1S/C17H27NO/c1-5-6-14-19-16-11-9-15(10-12-16)8-7-13-18-17(2,3)4/h7-12,18H,5-6,13-14H2,1-4H3. The first-order valence-corrected chi connectivity index (χ1v) is 7.16. The van der Waals surface area contributed by atoms with Gasteiger partial charge in [0.2, 0.25) is 0 Å². The van der Waals surface area contributed by atoms with Crippen LogP contribution in [0.5, 0.6) is 5.75 Å². The van der Waals surface area contributed by atoms with E-state index in [1.807, 2.05) is 12.1 Å². The highest BCUT2D eigenvalue weighted by atomic mass is 16.5. The van der Waals surface area contributed by atoms with Gasteiger partial charge in [-0.3, -0.25) is 0 Å². The van der Waals surface area contributed by atoms with Gasteiger partial charge in [-0.25, -0.2) is 0 Å². The maximum atomic E-state index is 5.64. The third kappa shape index (κ3) is 7.68. The van der Waals surface area contributed by atoms with E-state index in [-0.39, 0.29) is 5.54 Å². The summed E-state index contributed by atoms with van der Waals surface area (Å²) < 4.78 is 5.64. The second-order valence-electron chi connectivity index (χ2n) is 5.80. The third-order valence-corrected chi connectivity index (χ3v) is 2.71. The van der Waals surface area contributed by atoms with Crippen LogP contribution in [0.1, 0.15) is 46.1 Å². The minimum Gasteiger partial charge on any atom is -0.494 e. The second-order valence-corrected chi connectivity index (χ2v) is 5.80. The number of nitrogens with one attached hydrogen (secondary N) is 1. The monoisotopic (exact) mass is 261 g/mol. The van der Waals surface area contributed by atoms with Crippen molar-refractivity contribution in [2.45, 2.75) is 46.1 Å². The van der Waals surface area contributed by atoms with E-state index in [0.717, 1.165) is 25.3 Å². The van der Waals surface area contributed by atoms with Crippen molar-refractivity contribution >= 4 is 6.08 Å². The topological polar surface area (TPSA) is 21.3 Å². The summed E-state index contributed by atoms with van der Waals surface area (Å²) in [7, 11) is 0. The molecule has 2 heteroatoms. The first-order chi connectivity index (χ1) is 9.01. The molecule has 1 rings (SSSR count). The van der Waals surface area contributed by atoms with Crippen LogP contribution in [0.3, 0.4) is 0 Å². The Morgan fingerprint density at radius 3 is 2.42 bits per heavy atom. The van der Waals surface area contributed by atoms with E-state index >= 15 is 0 Å². The Hall–Kier alpha value is -1.28. The Bertz CT molecular complexity index is 373. The van der Waals surface area contributed by atoms with Gasteiger partial charge in [-0.1, -0.05) is 37.6 Å². The molecule has 0 saturated carbocycles. The van der Waals surface area contributed by atoms with Crippen LogP contribution < -0.4 is 10.1 Å². The van der Waals surface area contributed by atoms with E-state index in [1.54, 1.807) is 0 Å². The van der Waals surface area contributed by atoms with E-state index in [4.69, 9.17) is 4.74 Å². The molecule has 0 aromatic heterocycles. The fourth-order valence-corrected chi connectivity index (χ4v) is 1.57. The molecule has 2 nitrogen and oxygen atoms in total. The first kappa shape index (κ1) is 15.8. The lowest BCUT2D eigenvalue weighted by molar-refractivity contribution is 0.309. The van der Waals surface area contributed by atoms with Gasteiger partial charge in [0.05, 0.1) is 6.61 Å². The molecule has 0 heterocycles. The molecule has 0 saturated heterocycles. The molecule has 0 aliphatic heterocycles. The van der Waals surface area contributed by atoms with Crippen LogP contribution in [0.25, 0.3) is 6.08 Å². The molecule has 0 amide bonds. The summed E-state index contributed by atoms with van der Waals surface area (Å²) in [6.45, 7) is 10.4. The highest BCUT2D eigenvalue weighted by Crippen LogP contribution is 2.13. The van der Waals surface area contributed by atoms with Crippen molar-refractivity contribution in [3.8, 4) is 5.75 Å². The predicted molar refractivity (Wildman–Crippen MR) is 83.6 cm³/mol. The summed E-state index contributed by atoms with van der Waals surface area (Å²) in [5.41, 5.74) is 1.37. The first-order valence-electron chi connectivity index (χ1n) is 7.16. The summed E-state index contributed by atoms with van der Waals surface area (Å²) in [5.74, 6) is 0.957. The molecule has 106 valence electrons. The van der Waals surface area contributed by atoms with Crippen LogP contribution in [0.15, 0.2) is 30.3 Å². The lowest BCUT2D eigenvalue weighted by Gasteiger charge is -2.18. The van der Waals surface area contributed by atoms with Crippen LogP contribution in [-0.4, -0.2) is 18.7 Å². The normalized spacial score (nSPS) is 12.0. The van der Waals surface area contributed by atoms with Gasteiger partial charge in [0, 0.05) is 12.1 Å². The van der Waals surface area contributed by atoms with Crippen molar-refractivity contribution in [1.82, 2.24) is 5.32 Å². The minimum absolute atomic E-state index is 0.168. The molecule has 0 fully saturated rings. The fraction of sp³-hybridized carbons (Fsp3) is 0.529. The molecule has 0 radical (unpaired) electrons. The Labute approximate surface area is 117 Å². The molecule has 0 atom stereocenters. The van der Waals surface area contributed by atoms with E-state index in [2.05, 4.69) is 57.3 Å². The van der Waals surface area contributed by atoms with E-state index < -0.39 is 0 Å². The zero-order valence-corrected chi connectivity index (χ0v) is 12.7. The summed E-state index contributed by atoms with van der Waals surface area (Å²) in [6.07, 6.45) is 6.56. The third-order valence-electron chi connectivity index (χ3n) is 2.71. The van der Waals surface area contributed by atoms with Crippen molar-refractivity contribution in [1.29, 1.82) is 0 Å². The maximum absolute atomic E-state index is 5.64. The van der Waals surface area contributed by atoms with Crippen molar-refractivity contribution < 1.29 is 4.74 Å². The second kappa shape index (κ2) is 8.00. The van der Waals surface area contributed by atoms with Gasteiger partial charge < -0.3 is 10.1 Å². The quantitative estimate of drug-likeness (QED) is 0.740. The number of hydrogen-bond acceptors (Lipinski definition) is 2. The molecule has 1 aromatic rings. The van der Waals surface area contributed by atoms with E-state index in [1.165, 1.54) is 12.0 Å². The average molecular weight is 261 g/mol. The van der Waals surface area contributed by atoms with Crippen molar-refractivity contribution in [3.63, 3.8) is 0 Å². The van der Waals surface area contributed by atoms with Crippen LogP contribution in [0, 0.1) is 0 Å². The van der Waals surface area contributed by atoms with Gasteiger partial charge in [0.25, 0.3) is 0 Å². The maximum Gasteiger partial charge on any atom is 0.119 e. The summed E-state index contributed by atoms with van der Waals surface area (Å²) in [6, 6.07) is 8.25. The lowest BCUT2D eigenvalue weighted by Crippen LogP contribution is -2.35. The lowest BCUT2D eigenvalue weighted by atomic mass is 10.1. The molecule has 0 aliphatic carbocycles. The summed E-state index contributed by atoms with van der Waals surface area (Å²) in [5, 5.41) is 3.43. The van der Waals surface area contributed by atoms with Gasteiger partial charge >= 0.3 is 0 Å². The Balaban J connectivity index is 2.37. The molecular formula is C17H27NO. The number of ether oxygens (including phenoxy) is 1. The van der Waals surface area contributed by atoms with Crippen molar-refractivity contribution in [2.24, 2.45) is 0 Å². The van der Waals surface area contributed by atoms with E-state index in [0.29, 0.717) is 0 Å². The number of benzene rings is 1. The number of unbranched alkanes of at least 4 members (excludes halogenated alkanes) is 1. The summed E-state index contributed by atoms with van der Waals surface area (Å²) >= 11 is 0. The molecule has 0 spiro atoms. The van der Waals surface area contributed by atoms with E-state index in [9.17, 15) is 0 Å². The highest BCUT2D eigenvalue weighted by Gasteiger charge is 2.05. The molecule has 0 bridgehead atoms. The molecule has 0 aliphatic rings. The molecular weight excluding hydrogens is 234 g/mol. The van der Waals surface area contributed by atoms with Gasteiger partial charge in [-0.2, -0.15) is 0 Å². The SMILES string of the molecule is CCCCOc1ccc(C=CCNC(C)(C)C)cc1. The molecule has 0 unspecified atom stereocenters. The minimum atomic E-state index is 0.168. The van der Waals surface area contributed by atoms with Crippen molar-refractivity contribution in [3.05, 3.63) is 35.9 Å². The van der Waals surface area contributed by atoms with Gasteiger partial charge in [0.15, 0.2) is 0 Å². The van der Waals surface area contributed by atoms with Gasteiger partial charge in [0.1, 0.15) is 5.75 Å². The number of rotatable bonds is 7. The molecule has 1 N–H and O–H groups in total. The van der Waals surface area contributed by atoms with Crippen LogP contribution in [0.2, 0.25) is 0 Å². The molecule has 1 aromatic carbocycles. The largest absolute Gasteiger partial charge is 0.494 e. The Morgan fingerprint density at radius 1 is 1.16 bits per heavy atom. The van der Waals surface area contributed by atoms with Crippen LogP contribution >= 0.6 is 0 Å². The van der Waals surface area contributed by atoms with Crippen LogP contribution in [-0.2, 0) is 0 Å². The average Bonchev–Trinajstić information content (AvgIpc) is 2.36. The fourth-order valence-electron chi connectivity index (χ4n) is 1.57. The molecule has 19 heavy (non-hydrogen) atoms. The van der Waals surface area contributed by atoms with Crippen molar-refractivity contribution in [2.75, 3.05) is 13.2 Å². The highest BCUT2D eigenvalue weighted by molar-refractivity contribution is 5.50. The van der Waals surface area contributed by atoms with Gasteiger partial charge in [-0.05, 0) is 44.9 Å². The van der Waals surface area contributed by atoms with Crippen LogP contribution in [0.4, 0.5) is 0 Å². The smallest absolute Gasteiger partial charge is 0.119 e. The summed E-state index contributed by atoms with van der Waals surface area (Å²) in [4.78, 5) is 0. The number of hydrogen-bond donors (Lipinski definition) is 1. The zero-order valence-electron chi connectivity index (χ0n) is 12.7. The van der Waals surface area contributed by atoms with Gasteiger partial charge in [-0.15, -0.1) is 0 Å². The predicted octanol–water partition coefficient (Wildman–Crippen LogP) is 4.27. The Morgan fingerprint density at radius 2 is 1.84 bits per heavy atom.